The number of hydrogen-bond acceptors (Lipinski definition) is 3. The first kappa shape index (κ1) is 13.0. The molecule has 0 unspecified atom stereocenters. The Hall–Kier alpha value is -2.08. The largest absolute Gasteiger partial charge is 0.465 e. The summed E-state index contributed by atoms with van der Waals surface area (Å²) in [5.41, 5.74) is 11.7. The monoisotopic (exact) mass is 237 g/mol. The summed E-state index contributed by atoms with van der Waals surface area (Å²) in [5.74, 6) is 0. The first-order valence-corrected chi connectivity index (χ1v) is 5.10. The van der Waals surface area contributed by atoms with Gasteiger partial charge in [-0.3, -0.25) is 0 Å². The number of benzene rings is 1. The van der Waals surface area contributed by atoms with Crippen molar-refractivity contribution in [1.82, 2.24) is 4.90 Å². The van der Waals surface area contributed by atoms with Crippen molar-refractivity contribution < 1.29 is 14.7 Å². The molecular weight excluding hydrogens is 222 g/mol. The van der Waals surface area contributed by atoms with E-state index in [1.165, 1.54) is 0 Å². The third kappa shape index (κ3) is 4.12. The van der Waals surface area contributed by atoms with Crippen LogP contribution in [0.4, 0.5) is 9.59 Å². The summed E-state index contributed by atoms with van der Waals surface area (Å²) in [6, 6.07) is 7.89. The molecule has 0 aliphatic heterocycles. The highest BCUT2D eigenvalue weighted by Gasteiger charge is 2.20. The Morgan fingerprint density at radius 1 is 1.29 bits per heavy atom. The zero-order valence-electron chi connectivity index (χ0n) is 9.24. The van der Waals surface area contributed by atoms with Crippen LogP contribution in [0, 0.1) is 0 Å². The Bertz CT molecular complexity index is 380. The molecule has 6 nitrogen and oxygen atoms in total. The highest BCUT2D eigenvalue weighted by atomic mass is 16.4. The molecule has 0 saturated carbocycles. The molecule has 1 aromatic rings. The first-order valence-electron chi connectivity index (χ1n) is 5.10. The van der Waals surface area contributed by atoms with Crippen LogP contribution in [0.25, 0.3) is 0 Å². The van der Waals surface area contributed by atoms with Gasteiger partial charge in [-0.1, -0.05) is 30.3 Å². The fraction of sp³-hybridized carbons (Fsp3) is 0.273. The topological polar surface area (TPSA) is 110 Å². The van der Waals surface area contributed by atoms with Crippen LogP contribution in [-0.4, -0.2) is 34.7 Å². The number of rotatable bonds is 4. The average Bonchev–Trinajstić information content (AvgIpc) is 2.26. The van der Waals surface area contributed by atoms with E-state index in [4.69, 9.17) is 16.6 Å². The quantitative estimate of drug-likeness (QED) is 0.712. The van der Waals surface area contributed by atoms with E-state index in [1.807, 2.05) is 30.3 Å². The molecule has 1 atom stereocenters. The van der Waals surface area contributed by atoms with Crippen molar-refractivity contribution in [3.8, 4) is 0 Å². The van der Waals surface area contributed by atoms with Crippen molar-refractivity contribution in [3.63, 3.8) is 0 Å². The van der Waals surface area contributed by atoms with Crippen LogP contribution in [0.2, 0.25) is 0 Å². The molecule has 3 amide bonds. The SMILES string of the molecule is NC(=O)N(C[C@H](N)Cc1ccccc1)C(=O)O. The van der Waals surface area contributed by atoms with E-state index >= 15 is 0 Å². The Kier molecular flexibility index (Phi) is 4.47. The summed E-state index contributed by atoms with van der Waals surface area (Å²) < 4.78 is 0. The Morgan fingerprint density at radius 3 is 2.35 bits per heavy atom. The standard InChI is InChI=1S/C11H15N3O3/c12-9(6-8-4-2-1-3-5-8)7-14(10(13)15)11(16)17/h1-5,9H,6-7,12H2,(H2,13,15)(H,16,17)/t9-/m1/s1. The molecule has 0 bridgehead atoms. The van der Waals surface area contributed by atoms with Gasteiger partial charge in [-0.15, -0.1) is 0 Å². The summed E-state index contributed by atoms with van der Waals surface area (Å²) in [4.78, 5) is 22.0. The first-order chi connectivity index (χ1) is 8.00. The van der Waals surface area contributed by atoms with E-state index in [-0.39, 0.29) is 6.54 Å². The van der Waals surface area contributed by atoms with Gasteiger partial charge in [0.2, 0.25) is 0 Å². The number of imide groups is 1. The Balaban J connectivity index is 2.57. The fourth-order valence-electron chi connectivity index (χ4n) is 1.48. The number of carbonyl (C=O) groups excluding carboxylic acids is 1. The lowest BCUT2D eigenvalue weighted by molar-refractivity contribution is 0.149. The number of hydrogen-bond donors (Lipinski definition) is 3. The number of amides is 3. The molecule has 0 spiro atoms. The van der Waals surface area contributed by atoms with Crippen LogP contribution < -0.4 is 11.5 Å². The minimum absolute atomic E-state index is 0.112. The fourth-order valence-corrected chi connectivity index (χ4v) is 1.48. The van der Waals surface area contributed by atoms with Crippen molar-refractivity contribution in [3.05, 3.63) is 35.9 Å². The van der Waals surface area contributed by atoms with Gasteiger partial charge in [0.1, 0.15) is 0 Å². The predicted octanol–water partition coefficient (Wildman–Crippen LogP) is 0.615. The van der Waals surface area contributed by atoms with Gasteiger partial charge in [0.25, 0.3) is 0 Å². The second-order valence-corrected chi connectivity index (χ2v) is 3.68. The minimum atomic E-state index is -1.39. The van der Waals surface area contributed by atoms with Gasteiger partial charge in [0.05, 0.1) is 0 Å². The van der Waals surface area contributed by atoms with Gasteiger partial charge < -0.3 is 16.6 Å². The summed E-state index contributed by atoms with van der Waals surface area (Å²) in [5, 5.41) is 8.73. The summed E-state index contributed by atoms with van der Waals surface area (Å²) in [7, 11) is 0. The van der Waals surface area contributed by atoms with Gasteiger partial charge in [0.15, 0.2) is 0 Å². The highest BCUT2D eigenvalue weighted by Crippen LogP contribution is 2.03. The van der Waals surface area contributed by atoms with Crippen molar-refractivity contribution in [2.24, 2.45) is 11.5 Å². The number of primary amides is 1. The number of carboxylic acid groups (broad SMARTS) is 1. The van der Waals surface area contributed by atoms with Crippen LogP contribution in [0.1, 0.15) is 5.56 Å². The van der Waals surface area contributed by atoms with Crippen molar-refractivity contribution >= 4 is 12.1 Å². The van der Waals surface area contributed by atoms with Gasteiger partial charge in [0, 0.05) is 12.6 Å². The van der Waals surface area contributed by atoms with E-state index < -0.39 is 18.2 Å². The number of nitrogens with two attached hydrogens (primary N) is 2. The van der Waals surface area contributed by atoms with E-state index in [0.717, 1.165) is 5.56 Å². The van der Waals surface area contributed by atoms with E-state index in [9.17, 15) is 9.59 Å². The van der Waals surface area contributed by atoms with Gasteiger partial charge in [-0.2, -0.15) is 0 Å². The maximum absolute atomic E-state index is 10.8. The zero-order chi connectivity index (χ0) is 12.8. The average molecular weight is 237 g/mol. The number of nitrogens with zero attached hydrogens (tertiary/aromatic N) is 1. The molecular formula is C11H15N3O3. The van der Waals surface area contributed by atoms with Crippen LogP contribution in [-0.2, 0) is 6.42 Å². The molecule has 6 heteroatoms. The summed E-state index contributed by atoms with van der Waals surface area (Å²) >= 11 is 0. The molecule has 0 aliphatic carbocycles. The van der Waals surface area contributed by atoms with Gasteiger partial charge in [-0.25, -0.2) is 14.5 Å². The van der Waals surface area contributed by atoms with E-state index in [1.54, 1.807) is 0 Å². The van der Waals surface area contributed by atoms with E-state index in [0.29, 0.717) is 11.3 Å². The number of urea groups is 1. The third-order valence-corrected chi connectivity index (χ3v) is 2.25. The molecule has 0 aliphatic rings. The lowest BCUT2D eigenvalue weighted by atomic mass is 10.1. The van der Waals surface area contributed by atoms with Crippen molar-refractivity contribution in [1.29, 1.82) is 0 Å². The Morgan fingerprint density at radius 2 is 1.88 bits per heavy atom. The smallest absolute Gasteiger partial charge is 0.415 e. The second-order valence-electron chi connectivity index (χ2n) is 3.68. The van der Waals surface area contributed by atoms with Crippen LogP contribution in [0.5, 0.6) is 0 Å². The van der Waals surface area contributed by atoms with Crippen LogP contribution in [0.15, 0.2) is 30.3 Å². The summed E-state index contributed by atoms with van der Waals surface area (Å²) in [6.45, 7) is -0.112. The molecule has 0 aromatic heterocycles. The van der Waals surface area contributed by atoms with Crippen LogP contribution in [0.3, 0.4) is 0 Å². The normalized spacial score (nSPS) is 11.8. The third-order valence-electron chi connectivity index (χ3n) is 2.25. The van der Waals surface area contributed by atoms with Crippen LogP contribution >= 0.6 is 0 Å². The Labute approximate surface area is 98.8 Å². The molecule has 17 heavy (non-hydrogen) atoms. The highest BCUT2D eigenvalue weighted by molar-refractivity contribution is 5.88. The van der Waals surface area contributed by atoms with Crippen molar-refractivity contribution in [2.45, 2.75) is 12.5 Å². The molecule has 0 saturated heterocycles. The molecule has 1 aromatic carbocycles. The van der Waals surface area contributed by atoms with E-state index in [2.05, 4.69) is 0 Å². The lowest BCUT2D eigenvalue weighted by Gasteiger charge is -2.19. The molecule has 1 rings (SSSR count). The predicted molar refractivity (Wildman–Crippen MR) is 62.4 cm³/mol. The maximum Gasteiger partial charge on any atom is 0.415 e. The zero-order valence-corrected chi connectivity index (χ0v) is 9.24. The lowest BCUT2D eigenvalue weighted by Crippen LogP contribution is -2.47. The maximum atomic E-state index is 10.8. The summed E-state index contributed by atoms with van der Waals surface area (Å²) in [6.07, 6.45) is -0.904. The molecule has 5 N–H and O–H groups in total. The second kappa shape index (κ2) is 5.86. The molecule has 0 heterocycles. The molecule has 0 fully saturated rings. The van der Waals surface area contributed by atoms with Gasteiger partial charge in [-0.05, 0) is 12.0 Å². The minimum Gasteiger partial charge on any atom is -0.465 e. The number of carbonyl (C=O) groups is 2. The molecule has 0 radical (unpaired) electrons. The van der Waals surface area contributed by atoms with Gasteiger partial charge >= 0.3 is 12.1 Å². The molecule has 92 valence electrons. The van der Waals surface area contributed by atoms with Crippen molar-refractivity contribution in [2.75, 3.05) is 6.54 Å².